The Morgan fingerprint density at radius 2 is 1.74 bits per heavy atom. The highest BCUT2D eigenvalue weighted by Crippen LogP contribution is 2.34. The number of aromatic hydroxyl groups is 1. The van der Waals surface area contributed by atoms with E-state index in [4.69, 9.17) is 4.74 Å². The van der Waals surface area contributed by atoms with Gasteiger partial charge in [0.25, 0.3) is 0 Å². The molecule has 3 rings (SSSR count). The number of benzene rings is 2. The lowest BCUT2D eigenvalue weighted by Gasteiger charge is -2.43. The van der Waals surface area contributed by atoms with Crippen LogP contribution in [0.15, 0.2) is 54.6 Å². The van der Waals surface area contributed by atoms with Crippen LogP contribution in [0.5, 0.6) is 5.75 Å². The van der Waals surface area contributed by atoms with E-state index in [-0.39, 0.29) is 23.6 Å². The summed E-state index contributed by atoms with van der Waals surface area (Å²) in [7, 11) is 0. The lowest BCUT2D eigenvalue weighted by Crippen LogP contribution is -2.57. The van der Waals surface area contributed by atoms with Gasteiger partial charge in [-0.15, -0.1) is 0 Å². The van der Waals surface area contributed by atoms with E-state index in [1.165, 1.54) is 12.1 Å². The van der Waals surface area contributed by atoms with Crippen molar-refractivity contribution >= 4 is 29.7 Å². The van der Waals surface area contributed by atoms with Gasteiger partial charge in [-0.3, -0.25) is 9.59 Å². The molecule has 2 atom stereocenters. The van der Waals surface area contributed by atoms with Crippen molar-refractivity contribution in [2.45, 2.75) is 76.7 Å². The molecular formula is C29H39N3O5S. The molecule has 1 fully saturated rings. The first-order chi connectivity index (χ1) is 18.1. The average Bonchev–Trinajstić information content (AvgIpc) is 2.84. The van der Waals surface area contributed by atoms with Crippen LogP contribution in [-0.2, 0) is 20.9 Å². The summed E-state index contributed by atoms with van der Waals surface area (Å²) in [5, 5.41) is 15.6. The Balaban J connectivity index is 1.94. The van der Waals surface area contributed by atoms with E-state index in [2.05, 4.69) is 10.6 Å². The predicted molar refractivity (Wildman–Crippen MR) is 150 cm³/mol. The number of phenolic OH excluding ortho intramolecular Hbond substituents is 1. The zero-order valence-corrected chi connectivity index (χ0v) is 23.4. The molecule has 0 aliphatic heterocycles. The van der Waals surface area contributed by atoms with E-state index < -0.39 is 23.8 Å². The SMILES string of the molecule is CSCCC(NC(=O)OC(C)(C)C)C(=O)N(C1CCC1)C(C(=O)NCc1ccccc1)c1ccc(O)cc1. The first-order valence-corrected chi connectivity index (χ1v) is 14.4. The van der Waals surface area contributed by atoms with Gasteiger partial charge in [0.15, 0.2) is 0 Å². The van der Waals surface area contributed by atoms with Crippen molar-refractivity contribution in [3.05, 3.63) is 65.7 Å². The summed E-state index contributed by atoms with van der Waals surface area (Å²) in [6, 6.07) is 14.0. The van der Waals surface area contributed by atoms with Crippen LogP contribution < -0.4 is 10.6 Å². The molecule has 8 nitrogen and oxygen atoms in total. The fourth-order valence-electron chi connectivity index (χ4n) is 4.28. The fraction of sp³-hybridized carbons (Fsp3) is 0.483. The number of nitrogens with zero attached hydrogens (tertiary/aromatic N) is 1. The third kappa shape index (κ3) is 8.41. The minimum Gasteiger partial charge on any atom is -0.508 e. The maximum atomic E-state index is 14.2. The van der Waals surface area contributed by atoms with Gasteiger partial charge < -0.3 is 25.4 Å². The first-order valence-electron chi connectivity index (χ1n) is 13.0. The standard InChI is InChI=1S/C29H39N3O5S/c1-29(2,3)37-28(36)31-24(17-18-38-4)27(35)32(22-11-8-12-22)25(21-13-15-23(33)16-14-21)26(34)30-19-20-9-6-5-7-10-20/h5-7,9-10,13-16,22,24-25,33H,8,11-12,17-19H2,1-4H3,(H,30,34)(H,31,36). The van der Waals surface area contributed by atoms with E-state index in [9.17, 15) is 19.5 Å². The van der Waals surface area contributed by atoms with E-state index in [1.807, 2.05) is 36.6 Å². The van der Waals surface area contributed by atoms with Gasteiger partial charge in [-0.25, -0.2) is 4.79 Å². The Bertz CT molecular complexity index is 1070. The van der Waals surface area contributed by atoms with E-state index in [0.29, 0.717) is 24.3 Å². The van der Waals surface area contributed by atoms with Crippen LogP contribution >= 0.6 is 11.8 Å². The second-order valence-corrected chi connectivity index (χ2v) is 11.5. The van der Waals surface area contributed by atoms with E-state index in [0.717, 1.165) is 24.8 Å². The minimum atomic E-state index is -0.922. The topological polar surface area (TPSA) is 108 Å². The minimum absolute atomic E-state index is 0.0724. The number of alkyl carbamates (subject to hydrolysis) is 1. The van der Waals surface area contributed by atoms with Crippen molar-refractivity contribution in [2.24, 2.45) is 0 Å². The number of ether oxygens (including phenoxy) is 1. The van der Waals surface area contributed by atoms with Gasteiger partial charge in [0.2, 0.25) is 11.8 Å². The number of phenols is 1. The van der Waals surface area contributed by atoms with Crippen molar-refractivity contribution in [2.75, 3.05) is 12.0 Å². The van der Waals surface area contributed by atoms with Crippen LogP contribution in [0.1, 0.15) is 63.6 Å². The van der Waals surface area contributed by atoms with Crippen molar-refractivity contribution in [1.82, 2.24) is 15.5 Å². The number of hydrogen-bond donors (Lipinski definition) is 3. The highest BCUT2D eigenvalue weighted by molar-refractivity contribution is 7.98. The van der Waals surface area contributed by atoms with Crippen LogP contribution in [0.2, 0.25) is 0 Å². The highest BCUT2D eigenvalue weighted by atomic mass is 32.2. The molecule has 38 heavy (non-hydrogen) atoms. The number of amides is 3. The molecule has 3 N–H and O–H groups in total. The fourth-order valence-corrected chi connectivity index (χ4v) is 4.75. The Kier molecular flexibility index (Phi) is 10.5. The second kappa shape index (κ2) is 13.6. The number of hydrogen-bond acceptors (Lipinski definition) is 6. The number of carbonyl (C=O) groups is 3. The second-order valence-electron chi connectivity index (χ2n) is 10.5. The summed E-state index contributed by atoms with van der Waals surface area (Å²) in [6.45, 7) is 5.62. The third-order valence-corrected chi connectivity index (χ3v) is 7.01. The van der Waals surface area contributed by atoms with Gasteiger partial charge in [0.05, 0.1) is 0 Å². The zero-order chi connectivity index (χ0) is 27.7. The lowest BCUT2D eigenvalue weighted by molar-refractivity contribution is -0.147. The highest BCUT2D eigenvalue weighted by Gasteiger charge is 2.41. The van der Waals surface area contributed by atoms with Gasteiger partial charge in [-0.1, -0.05) is 42.5 Å². The molecule has 0 saturated heterocycles. The molecule has 1 aliphatic carbocycles. The molecule has 0 radical (unpaired) electrons. The van der Waals surface area contributed by atoms with Gasteiger partial charge in [-0.2, -0.15) is 11.8 Å². The molecule has 1 aliphatic rings. The zero-order valence-electron chi connectivity index (χ0n) is 22.6. The molecule has 3 amide bonds. The Morgan fingerprint density at radius 1 is 1.08 bits per heavy atom. The molecule has 1 saturated carbocycles. The smallest absolute Gasteiger partial charge is 0.408 e. The van der Waals surface area contributed by atoms with Gasteiger partial charge >= 0.3 is 6.09 Å². The van der Waals surface area contributed by atoms with Crippen LogP contribution in [0.4, 0.5) is 4.79 Å². The number of thioether (sulfide) groups is 1. The van der Waals surface area contributed by atoms with Crippen LogP contribution in [0.25, 0.3) is 0 Å². The molecule has 0 heterocycles. The Morgan fingerprint density at radius 3 is 2.29 bits per heavy atom. The summed E-state index contributed by atoms with van der Waals surface area (Å²) in [4.78, 5) is 42.2. The normalized spacial score (nSPS) is 15.1. The molecule has 9 heteroatoms. The maximum absolute atomic E-state index is 14.2. The molecule has 0 aromatic heterocycles. The number of nitrogens with one attached hydrogen (secondary N) is 2. The van der Waals surface area contributed by atoms with E-state index >= 15 is 0 Å². The summed E-state index contributed by atoms with van der Waals surface area (Å²) >= 11 is 1.58. The molecular weight excluding hydrogens is 502 g/mol. The summed E-state index contributed by atoms with van der Waals surface area (Å²) in [6.07, 6.45) is 4.17. The lowest BCUT2D eigenvalue weighted by atomic mass is 9.88. The third-order valence-electron chi connectivity index (χ3n) is 6.37. The van der Waals surface area contributed by atoms with Crippen LogP contribution in [0.3, 0.4) is 0 Å². The quantitative estimate of drug-likeness (QED) is 0.378. The Hall–Kier alpha value is -3.20. The number of rotatable bonds is 11. The van der Waals surface area contributed by atoms with Crippen molar-refractivity contribution in [1.29, 1.82) is 0 Å². The average molecular weight is 542 g/mol. The Labute approximate surface area is 229 Å². The van der Waals surface area contributed by atoms with Crippen molar-refractivity contribution in [3.63, 3.8) is 0 Å². The number of carbonyl (C=O) groups excluding carboxylic acids is 3. The van der Waals surface area contributed by atoms with Crippen molar-refractivity contribution in [3.8, 4) is 5.75 Å². The van der Waals surface area contributed by atoms with Gasteiger partial charge in [0, 0.05) is 12.6 Å². The molecule has 2 aromatic rings. The largest absolute Gasteiger partial charge is 0.508 e. The molecule has 2 aromatic carbocycles. The van der Waals surface area contributed by atoms with Gasteiger partial charge in [-0.05, 0) is 81.7 Å². The van der Waals surface area contributed by atoms with Crippen LogP contribution in [0, 0.1) is 0 Å². The molecule has 0 bridgehead atoms. The monoisotopic (exact) mass is 541 g/mol. The predicted octanol–water partition coefficient (Wildman–Crippen LogP) is 4.78. The van der Waals surface area contributed by atoms with E-state index in [1.54, 1.807) is 49.6 Å². The molecule has 206 valence electrons. The summed E-state index contributed by atoms with van der Waals surface area (Å²) < 4.78 is 5.44. The van der Waals surface area contributed by atoms with Gasteiger partial charge in [0.1, 0.15) is 23.4 Å². The van der Waals surface area contributed by atoms with Crippen molar-refractivity contribution < 1.29 is 24.2 Å². The van der Waals surface area contributed by atoms with Crippen LogP contribution in [-0.4, -0.2) is 57.6 Å². The summed E-state index contributed by atoms with van der Waals surface area (Å²) in [5.74, 6) is 0.0841. The summed E-state index contributed by atoms with van der Waals surface area (Å²) in [5.41, 5.74) is 0.822. The first kappa shape index (κ1) is 29.4. The molecule has 2 unspecified atom stereocenters. The maximum Gasteiger partial charge on any atom is 0.408 e. The molecule has 0 spiro atoms.